The van der Waals surface area contributed by atoms with Crippen molar-refractivity contribution >= 4 is 70.6 Å². The molecule has 9 atom stereocenters. The molecule has 0 unspecified atom stereocenters. The summed E-state index contributed by atoms with van der Waals surface area (Å²) in [6.45, 7) is 17.3. The fraction of sp³-hybridized carbons (Fsp3) is 0.613. The van der Waals surface area contributed by atoms with E-state index in [0.717, 1.165) is 55.5 Å². The van der Waals surface area contributed by atoms with Crippen molar-refractivity contribution < 1.29 is 62.6 Å². The number of hydrogen-bond acceptors (Lipinski definition) is 17. The number of hydrazine groups is 1. The van der Waals surface area contributed by atoms with Gasteiger partial charge in [0, 0.05) is 42.9 Å². The lowest BCUT2D eigenvalue weighted by Gasteiger charge is -2.39. The fourth-order valence-corrected chi connectivity index (χ4v) is 10.7. The number of carbonyl (C=O) groups is 9. The number of phenols is 1. The zero-order valence-corrected chi connectivity index (χ0v) is 53.6. The van der Waals surface area contributed by atoms with E-state index in [2.05, 4.69) is 49.3 Å². The number of aromatic nitrogens is 1. The van der Waals surface area contributed by atoms with E-state index in [1.54, 1.807) is 57.2 Å². The number of nitrogens with two attached hydrogens (primary N) is 2. The molecule has 88 heavy (non-hydrogen) atoms. The molecule has 25 nitrogen and oxygen atoms in total. The van der Waals surface area contributed by atoms with Crippen molar-refractivity contribution in [2.24, 2.45) is 35.1 Å². The molecule has 488 valence electrons. The van der Waals surface area contributed by atoms with Crippen LogP contribution in [0.3, 0.4) is 0 Å². The summed E-state index contributed by atoms with van der Waals surface area (Å²) < 4.78 is 11.3. The first-order valence-corrected chi connectivity index (χ1v) is 31.6. The number of thiazole rings is 1. The van der Waals surface area contributed by atoms with Crippen molar-refractivity contribution in [2.75, 3.05) is 32.1 Å². The van der Waals surface area contributed by atoms with Gasteiger partial charge in [-0.25, -0.2) is 25.1 Å². The normalized spacial score (nSPS) is 16.1. The monoisotopic (exact) mass is 1250 g/mol. The molecule has 12 N–H and O–H groups in total. The molecule has 4 rings (SSSR count). The predicted molar refractivity (Wildman–Crippen MR) is 333 cm³/mol. The average molecular weight is 1250 g/mol. The van der Waals surface area contributed by atoms with E-state index in [1.165, 1.54) is 29.5 Å². The predicted octanol–water partition coefficient (Wildman–Crippen LogP) is 6.40. The molecule has 1 aliphatic heterocycles. The van der Waals surface area contributed by atoms with Crippen molar-refractivity contribution in [1.82, 2.24) is 47.1 Å². The van der Waals surface area contributed by atoms with Crippen molar-refractivity contribution in [3.8, 4) is 5.75 Å². The first kappa shape index (κ1) is 73.1. The molecule has 0 aliphatic carbocycles. The third-order valence-corrected chi connectivity index (χ3v) is 16.4. The summed E-state index contributed by atoms with van der Waals surface area (Å²) in [6, 6.07) is 7.55. The molecule has 26 heteroatoms. The highest BCUT2D eigenvalue weighted by Gasteiger charge is 2.40. The topological polar surface area (TPSA) is 357 Å². The SMILES string of the molecule is CCCCCCON(C(=O)[C@@H](NC(=O)[C@H]1CCCCN1C)[C@@H](C)CC)[C@H](C[C@@H](OC(C)=O)c1nc(C(=O)N[C@@H](Cc2ccc(O)cc2)C[C@H](C)C(=O)NNC(=O)OCc2ccc(NC(=O)[C@H](CCCNC(N)=O)NC(=O)[C@@H](N)C(C)C)cc2)cs1)C(C)C. The number of likely N-dealkylation sites (N-methyl/N-ethyl adjacent to an activating group) is 1. The Balaban J connectivity index is 1.45. The van der Waals surface area contributed by atoms with Crippen molar-refractivity contribution in [2.45, 2.75) is 195 Å². The van der Waals surface area contributed by atoms with Gasteiger partial charge in [0.05, 0.1) is 24.7 Å². The molecule has 1 fully saturated rings. The van der Waals surface area contributed by atoms with Gasteiger partial charge in [-0.15, -0.1) is 11.3 Å². The molecule has 2 aromatic carbocycles. The van der Waals surface area contributed by atoms with Gasteiger partial charge in [-0.2, -0.15) is 0 Å². The summed E-state index contributed by atoms with van der Waals surface area (Å²) in [6.07, 6.45) is 5.61. The van der Waals surface area contributed by atoms with Crippen molar-refractivity contribution in [3.05, 3.63) is 75.7 Å². The Labute approximate surface area is 521 Å². The van der Waals surface area contributed by atoms with E-state index in [1.807, 2.05) is 39.6 Å². The van der Waals surface area contributed by atoms with E-state index < -0.39 is 89.9 Å². The molecule has 3 aromatic rings. The molecule has 1 aromatic heterocycles. The van der Waals surface area contributed by atoms with Crippen LogP contribution in [0.15, 0.2) is 53.9 Å². The number of nitrogens with one attached hydrogen (secondary N) is 7. The van der Waals surface area contributed by atoms with Crippen LogP contribution in [0.5, 0.6) is 5.75 Å². The number of carbonyl (C=O) groups excluding carboxylic acids is 9. The zero-order valence-electron chi connectivity index (χ0n) is 52.8. The van der Waals surface area contributed by atoms with Crippen LogP contribution in [-0.2, 0) is 56.1 Å². The number of esters is 1. The number of hydrogen-bond donors (Lipinski definition) is 10. The molecule has 1 saturated heterocycles. The number of urea groups is 1. The Morgan fingerprint density at radius 1 is 0.818 bits per heavy atom. The van der Waals surface area contributed by atoms with Crippen molar-refractivity contribution in [1.29, 1.82) is 0 Å². The van der Waals surface area contributed by atoms with Crippen LogP contribution in [-0.4, -0.2) is 137 Å². The van der Waals surface area contributed by atoms with Crippen LogP contribution in [0.1, 0.15) is 172 Å². The summed E-state index contributed by atoms with van der Waals surface area (Å²) in [7, 11) is 1.92. The van der Waals surface area contributed by atoms with Crippen LogP contribution in [0.25, 0.3) is 0 Å². The number of benzene rings is 2. The van der Waals surface area contributed by atoms with Crippen LogP contribution in [0, 0.1) is 23.7 Å². The van der Waals surface area contributed by atoms with Crippen LogP contribution in [0.4, 0.5) is 15.3 Å². The van der Waals surface area contributed by atoms with Gasteiger partial charge in [-0.1, -0.05) is 112 Å². The first-order chi connectivity index (χ1) is 41.8. The minimum atomic E-state index is -1.02. The molecule has 9 amide bonds. The molecular weight excluding hydrogens is 1150 g/mol. The molecule has 2 heterocycles. The number of ether oxygens (including phenoxy) is 2. The second kappa shape index (κ2) is 37.4. The third kappa shape index (κ3) is 24.6. The number of likely N-dealkylation sites (tertiary alicyclic amines) is 1. The molecule has 0 radical (unpaired) electrons. The van der Waals surface area contributed by atoms with E-state index in [-0.39, 0.29) is 86.6 Å². The van der Waals surface area contributed by atoms with E-state index in [4.69, 9.17) is 25.8 Å². The maximum Gasteiger partial charge on any atom is 0.426 e. The molecule has 0 bridgehead atoms. The van der Waals surface area contributed by atoms with Gasteiger partial charge in [0.1, 0.15) is 35.1 Å². The quantitative estimate of drug-likeness (QED) is 0.0173. The first-order valence-electron chi connectivity index (χ1n) is 30.7. The van der Waals surface area contributed by atoms with E-state index in [0.29, 0.717) is 41.9 Å². The highest BCUT2D eigenvalue weighted by Crippen LogP contribution is 2.32. The summed E-state index contributed by atoms with van der Waals surface area (Å²) in [4.78, 5) is 133. The van der Waals surface area contributed by atoms with Crippen LogP contribution in [0.2, 0.25) is 0 Å². The number of unbranched alkanes of at least 4 members (excludes halogenated alkanes) is 3. The Bertz CT molecular complexity index is 2730. The number of phenolic OH excluding ortho intramolecular Hbond substituents is 1. The number of primary amides is 1. The molecular formula is C62H96N12O13S. The molecule has 1 aliphatic rings. The highest BCUT2D eigenvalue weighted by atomic mass is 32.1. The van der Waals surface area contributed by atoms with Crippen molar-refractivity contribution in [3.63, 3.8) is 0 Å². The minimum absolute atomic E-state index is 0.00657. The molecule has 0 saturated carbocycles. The van der Waals surface area contributed by atoms with Gasteiger partial charge in [-0.05, 0) is 112 Å². The van der Waals surface area contributed by atoms with Gasteiger partial charge < -0.3 is 52.6 Å². The lowest BCUT2D eigenvalue weighted by molar-refractivity contribution is -0.213. The Kier molecular flexibility index (Phi) is 31.1. The zero-order chi connectivity index (χ0) is 65.0. The third-order valence-electron chi connectivity index (χ3n) is 15.5. The molecule has 0 spiro atoms. The second-order valence-corrected chi connectivity index (χ2v) is 24.3. The fourth-order valence-electron chi connectivity index (χ4n) is 9.88. The van der Waals surface area contributed by atoms with E-state index in [9.17, 15) is 48.3 Å². The number of aromatic hydroxyl groups is 1. The maximum atomic E-state index is 15.0. The lowest BCUT2D eigenvalue weighted by atomic mass is 9.93. The minimum Gasteiger partial charge on any atom is -0.508 e. The largest absolute Gasteiger partial charge is 0.508 e. The second-order valence-electron chi connectivity index (χ2n) is 23.5. The Morgan fingerprint density at radius 2 is 1.51 bits per heavy atom. The summed E-state index contributed by atoms with van der Waals surface area (Å²) >= 11 is 1.10. The van der Waals surface area contributed by atoms with Gasteiger partial charge in [0.2, 0.25) is 23.6 Å². The standard InChI is InChI=1S/C62H96N12O13S/c1-11-13-14-17-31-86-74(60(82)53(39(7)12-2)70-57(80)49-20-15-16-30-73(49)10)50(37(3)4)34-51(87-41(9)75)59-69-48(36-88-59)56(79)67-45(33-42-23-27-46(76)28-24-42)32-40(8)54(77)71-72-62(84)85-35-43-21-25-44(26-22-43)66-55(78)47(19-18-29-65-61(64)83)68-58(81)52(63)38(5)6/h21-28,36-40,45,47,49-53,76H,11-20,29-35,63H2,1-10H3,(H,66,78)(H,67,79)(H,68,81)(H,70,80)(H,71,77)(H,72,84)(H3,64,65,83)/t39-,40-,45+,47-,49+,50+,51+,52-,53-/m0/s1. The number of piperidine rings is 1. The number of hydroxylamine groups is 2. The van der Waals surface area contributed by atoms with Crippen LogP contribution >= 0.6 is 11.3 Å². The highest BCUT2D eigenvalue weighted by molar-refractivity contribution is 7.09. The summed E-state index contributed by atoms with van der Waals surface area (Å²) in [5.74, 6) is -4.89. The Morgan fingerprint density at radius 3 is 2.14 bits per heavy atom. The van der Waals surface area contributed by atoms with E-state index >= 15 is 0 Å². The average Bonchev–Trinajstić information content (AvgIpc) is 2.06. The lowest BCUT2D eigenvalue weighted by Crippen LogP contribution is -2.58. The van der Waals surface area contributed by atoms with Gasteiger partial charge in [0.15, 0.2) is 6.10 Å². The maximum absolute atomic E-state index is 15.0. The summed E-state index contributed by atoms with van der Waals surface area (Å²) in [5.41, 5.74) is 17.4. The van der Waals surface area contributed by atoms with Crippen LogP contribution < -0.4 is 48.9 Å². The van der Waals surface area contributed by atoms with Gasteiger partial charge in [0.25, 0.3) is 11.8 Å². The smallest absolute Gasteiger partial charge is 0.426 e. The number of amides is 9. The Hall–Kier alpha value is -7.42. The summed E-state index contributed by atoms with van der Waals surface area (Å²) in [5, 5.41) is 27.2. The number of rotatable bonds is 35. The van der Waals surface area contributed by atoms with Gasteiger partial charge >= 0.3 is 18.1 Å². The number of anilines is 1. The number of nitrogens with zero attached hydrogens (tertiary/aromatic N) is 3. The van der Waals surface area contributed by atoms with Gasteiger partial charge in [-0.3, -0.25) is 48.7 Å².